The Morgan fingerprint density at radius 2 is 2.06 bits per heavy atom. The van der Waals surface area contributed by atoms with Crippen LogP contribution in [0.15, 0.2) is 18.2 Å². The molecule has 0 aromatic heterocycles. The zero-order chi connectivity index (χ0) is 13.0. The van der Waals surface area contributed by atoms with Crippen molar-refractivity contribution < 1.29 is 18.3 Å². The Morgan fingerprint density at radius 3 is 2.59 bits per heavy atom. The van der Waals surface area contributed by atoms with Crippen LogP contribution in [0.5, 0.6) is 0 Å². The minimum absolute atomic E-state index is 0.0372. The first-order valence-electron chi connectivity index (χ1n) is 5.17. The van der Waals surface area contributed by atoms with Crippen molar-refractivity contribution in [3.05, 3.63) is 35.4 Å². The van der Waals surface area contributed by atoms with Crippen molar-refractivity contribution in [1.29, 1.82) is 0 Å². The molecule has 17 heavy (non-hydrogen) atoms. The van der Waals surface area contributed by atoms with Gasteiger partial charge in [-0.1, -0.05) is 6.07 Å². The van der Waals surface area contributed by atoms with Crippen LogP contribution in [0, 0.1) is 11.6 Å². The summed E-state index contributed by atoms with van der Waals surface area (Å²) in [4.78, 5) is 13.0. The van der Waals surface area contributed by atoms with Gasteiger partial charge in [-0.25, -0.2) is 8.78 Å². The molecule has 0 heterocycles. The predicted octanol–water partition coefficient (Wildman–Crippen LogP) is 2.13. The van der Waals surface area contributed by atoms with Crippen LogP contribution < -0.4 is 0 Å². The summed E-state index contributed by atoms with van der Waals surface area (Å²) in [5.41, 5.74) is 0.538. The van der Waals surface area contributed by atoms with Crippen LogP contribution in [-0.4, -0.2) is 31.6 Å². The third-order valence-electron chi connectivity index (χ3n) is 2.67. The summed E-state index contributed by atoms with van der Waals surface area (Å²) < 4.78 is 30.5. The molecule has 0 saturated carbocycles. The number of rotatable bonds is 4. The van der Waals surface area contributed by atoms with Crippen molar-refractivity contribution in [1.82, 2.24) is 4.90 Å². The average Bonchev–Trinajstić information content (AvgIpc) is 2.31. The molecule has 5 heteroatoms. The van der Waals surface area contributed by atoms with Crippen LogP contribution in [-0.2, 0) is 9.53 Å². The smallest absolute Gasteiger partial charge is 0.248 e. The maximum atomic E-state index is 13.0. The van der Waals surface area contributed by atoms with Gasteiger partial charge in [-0.3, -0.25) is 4.79 Å². The van der Waals surface area contributed by atoms with Crippen LogP contribution in [0.2, 0.25) is 0 Å². The van der Waals surface area contributed by atoms with E-state index in [1.54, 1.807) is 14.0 Å². The summed E-state index contributed by atoms with van der Waals surface area (Å²) in [6.07, 6.45) is 0. The number of methoxy groups -OCH3 is 1. The Morgan fingerprint density at radius 1 is 1.41 bits per heavy atom. The highest BCUT2D eigenvalue weighted by Gasteiger charge is 2.18. The van der Waals surface area contributed by atoms with Crippen molar-refractivity contribution in [2.45, 2.75) is 13.0 Å². The monoisotopic (exact) mass is 243 g/mol. The second-order valence-electron chi connectivity index (χ2n) is 3.79. The van der Waals surface area contributed by atoms with Crippen LogP contribution in [0.3, 0.4) is 0 Å². The molecule has 3 nitrogen and oxygen atoms in total. The van der Waals surface area contributed by atoms with E-state index in [4.69, 9.17) is 4.74 Å². The summed E-state index contributed by atoms with van der Waals surface area (Å²) in [6.45, 7) is 1.70. The van der Waals surface area contributed by atoms with Gasteiger partial charge in [0.25, 0.3) is 0 Å². The van der Waals surface area contributed by atoms with Gasteiger partial charge in [-0.2, -0.15) is 0 Å². The largest absolute Gasteiger partial charge is 0.375 e. The normalized spacial score (nSPS) is 12.3. The minimum atomic E-state index is -0.915. The number of carbonyl (C=O) groups excluding carboxylic acids is 1. The quantitative estimate of drug-likeness (QED) is 0.810. The maximum Gasteiger partial charge on any atom is 0.248 e. The Kier molecular flexibility index (Phi) is 4.57. The van der Waals surface area contributed by atoms with Gasteiger partial charge in [0.1, 0.15) is 6.61 Å². The summed E-state index contributed by atoms with van der Waals surface area (Å²) >= 11 is 0. The van der Waals surface area contributed by atoms with Crippen molar-refractivity contribution in [3.8, 4) is 0 Å². The molecule has 0 fully saturated rings. The first kappa shape index (κ1) is 13.6. The van der Waals surface area contributed by atoms with Crippen molar-refractivity contribution in [3.63, 3.8) is 0 Å². The molecule has 0 N–H and O–H groups in total. The molecule has 1 aromatic carbocycles. The van der Waals surface area contributed by atoms with E-state index in [0.717, 1.165) is 12.1 Å². The summed E-state index contributed by atoms with van der Waals surface area (Å²) in [6, 6.07) is 3.26. The number of carbonyl (C=O) groups is 1. The average molecular weight is 243 g/mol. The van der Waals surface area contributed by atoms with Crippen molar-refractivity contribution in [2.75, 3.05) is 20.8 Å². The van der Waals surface area contributed by atoms with E-state index in [2.05, 4.69) is 0 Å². The Bertz CT molecular complexity index is 409. The minimum Gasteiger partial charge on any atom is -0.375 e. The molecule has 0 aliphatic rings. The first-order valence-corrected chi connectivity index (χ1v) is 5.17. The van der Waals surface area contributed by atoms with E-state index in [0.29, 0.717) is 5.56 Å². The lowest BCUT2D eigenvalue weighted by Crippen LogP contribution is -2.32. The van der Waals surface area contributed by atoms with Gasteiger partial charge in [0.2, 0.25) is 5.91 Å². The molecule has 0 aliphatic heterocycles. The molecule has 94 valence electrons. The third kappa shape index (κ3) is 3.23. The molecule has 0 spiro atoms. The van der Waals surface area contributed by atoms with Crippen LogP contribution >= 0.6 is 0 Å². The molecular weight excluding hydrogens is 228 g/mol. The number of halogens is 2. The fraction of sp³-hybridized carbons (Fsp3) is 0.417. The third-order valence-corrected chi connectivity index (χ3v) is 2.67. The Hall–Kier alpha value is -1.49. The number of nitrogens with zero attached hydrogens (tertiary/aromatic N) is 1. The fourth-order valence-electron chi connectivity index (χ4n) is 1.44. The Labute approximate surface area is 99.0 Å². The van der Waals surface area contributed by atoms with Gasteiger partial charge in [0, 0.05) is 14.2 Å². The standard InChI is InChI=1S/C12H15F2NO2/c1-8(15(2)12(16)7-17-3)9-4-5-10(13)11(14)6-9/h4-6,8H,7H2,1-3H3. The second-order valence-corrected chi connectivity index (χ2v) is 3.79. The molecule has 1 unspecified atom stereocenters. The first-order chi connectivity index (χ1) is 7.97. The van der Waals surface area contributed by atoms with E-state index < -0.39 is 11.6 Å². The van der Waals surface area contributed by atoms with E-state index in [9.17, 15) is 13.6 Å². The molecule has 1 aromatic rings. The number of likely N-dealkylation sites (N-methyl/N-ethyl adjacent to an activating group) is 1. The SMILES string of the molecule is COCC(=O)N(C)C(C)c1ccc(F)c(F)c1. The summed E-state index contributed by atoms with van der Waals surface area (Å²) in [7, 11) is 3.02. The van der Waals surface area contributed by atoms with Crippen LogP contribution in [0.25, 0.3) is 0 Å². The second kappa shape index (κ2) is 5.72. The van der Waals surface area contributed by atoms with Crippen molar-refractivity contribution in [2.24, 2.45) is 0 Å². The number of hydrogen-bond donors (Lipinski definition) is 0. The molecule has 0 saturated heterocycles. The molecule has 0 bridgehead atoms. The van der Waals surface area contributed by atoms with Gasteiger partial charge < -0.3 is 9.64 Å². The molecular formula is C12H15F2NO2. The summed E-state index contributed by atoms with van der Waals surface area (Å²) in [5, 5.41) is 0. The highest BCUT2D eigenvalue weighted by molar-refractivity contribution is 5.77. The zero-order valence-electron chi connectivity index (χ0n) is 10.0. The maximum absolute atomic E-state index is 13.0. The van der Waals surface area contributed by atoms with Gasteiger partial charge in [-0.15, -0.1) is 0 Å². The van der Waals surface area contributed by atoms with Gasteiger partial charge in [0.05, 0.1) is 6.04 Å². The van der Waals surface area contributed by atoms with Gasteiger partial charge >= 0.3 is 0 Å². The van der Waals surface area contributed by atoms with Crippen LogP contribution in [0.1, 0.15) is 18.5 Å². The van der Waals surface area contributed by atoms with Gasteiger partial charge in [0.15, 0.2) is 11.6 Å². The van der Waals surface area contributed by atoms with E-state index in [1.165, 1.54) is 18.1 Å². The van der Waals surface area contributed by atoms with E-state index >= 15 is 0 Å². The predicted molar refractivity (Wildman–Crippen MR) is 59.4 cm³/mol. The van der Waals surface area contributed by atoms with Crippen LogP contribution in [0.4, 0.5) is 8.78 Å². The molecule has 0 aliphatic carbocycles. The fourth-order valence-corrected chi connectivity index (χ4v) is 1.44. The number of amides is 1. The molecule has 1 amide bonds. The summed E-state index contributed by atoms with van der Waals surface area (Å²) in [5.74, 6) is -2.03. The van der Waals surface area contributed by atoms with Crippen molar-refractivity contribution >= 4 is 5.91 Å². The topological polar surface area (TPSA) is 29.5 Å². The van der Waals surface area contributed by atoms with Gasteiger partial charge in [-0.05, 0) is 24.6 Å². The lowest BCUT2D eigenvalue weighted by molar-refractivity contribution is -0.135. The highest BCUT2D eigenvalue weighted by Crippen LogP contribution is 2.20. The Balaban J connectivity index is 2.84. The molecule has 0 radical (unpaired) electrons. The van der Waals surface area contributed by atoms with E-state index in [1.807, 2.05) is 0 Å². The lowest BCUT2D eigenvalue weighted by atomic mass is 10.1. The number of ether oxygens (including phenoxy) is 1. The number of benzene rings is 1. The molecule has 1 atom stereocenters. The zero-order valence-corrected chi connectivity index (χ0v) is 10.0. The number of hydrogen-bond acceptors (Lipinski definition) is 2. The molecule has 1 rings (SSSR count). The highest BCUT2D eigenvalue weighted by atomic mass is 19.2. The van der Waals surface area contributed by atoms with E-state index in [-0.39, 0.29) is 18.6 Å². The lowest BCUT2D eigenvalue weighted by Gasteiger charge is -2.25.